The van der Waals surface area contributed by atoms with E-state index in [1.807, 2.05) is 0 Å². The van der Waals surface area contributed by atoms with E-state index in [9.17, 15) is 9.59 Å². The highest BCUT2D eigenvalue weighted by Gasteiger charge is 2.19. The van der Waals surface area contributed by atoms with Crippen LogP contribution >= 0.6 is 0 Å². The first-order valence-corrected chi connectivity index (χ1v) is 4.23. The molecule has 1 amide bonds. The molecule has 0 aromatic carbocycles. The molecule has 0 aromatic rings. The molecule has 6 heteroatoms. The minimum Gasteiger partial charge on any atom is -0.480 e. The summed E-state index contributed by atoms with van der Waals surface area (Å²) in [5.74, 6) is -1.48. The Morgan fingerprint density at radius 1 is 1.57 bits per heavy atom. The summed E-state index contributed by atoms with van der Waals surface area (Å²) in [4.78, 5) is 21.2. The minimum absolute atomic E-state index is 0.0540. The number of hydrogen-bond donors (Lipinski definition) is 3. The van der Waals surface area contributed by atoms with Crippen LogP contribution in [0.3, 0.4) is 0 Å². The Labute approximate surface area is 82.4 Å². The van der Waals surface area contributed by atoms with E-state index in [-0.39, 0.29) is 19.1 Å². The van der Waals surface area contributed by atoms with Gasteiger partial charge in [-0.15, -0.1) is 0 Å². The van der Waals surface area contributed by atoms with Gasteiger partial charge in [-0.25, -0.2) is 0 Å². The van der Waals surface area contributed by atoms with E-state index in [1.165, 1.54) is 7.11 Å². The van der Waals surface area contributed by atoms with Crippen molar-refractivity contribution in [3.8, 4) is 0 Å². The number of ether oxygens (including phenoxy) is 1. The number of carbonyl (C=O) groups excluding carboxylic acids is 1. The van der Waals surface area contributed by atoms with Gasteiger partial charge in [0.15, 0.2) is 0 Å². The van der Waals surface area contributed by atoms with Crippen LogP contribution in [0.5, 0.6) is 0 Å². The van der Waals surface area contributed by atoms with Gasteiger partial charge < -0.3 is 15.6 Å². The van der Waals surface area contributed by atoms with Crippen molar-refractivity contribution >= 4 is 11.9 Å². The van der Waals surface area contributed by atoms with Gasteiger partial charge in [-0.05, 0) is 6.92 Å². The molecule has 0 aliphatic heterocycles. The molecule has 0 aliphatic rings. The van der Waals surface area contributed by atoms with E-state index in [2.05, 4.69) is 5.32 Å². The van der Waals surface area contributed by atoms with Gasteiger partial charge in [0.2, 0.25) is 5.91 Å². The number of carbonyl (C=O) groups is 2. The quantitative estimate of drug-likeness (QED) is 0.490. The molecular weight excluding hydrogens is 188 g/mol. The fourth-order valence-electron chi connectivity index (χ4n) is 1.06. The van der Waals surface area contributed by atoms with Gasteiger partial charge in [0.1, 0.15) is 6.04 Å². The number of nitrogens with one attached hydrogen (secondary N) is 1. The Morgan fingerprint density at radius 3 is 2.50 bits per heavy atom. The van der Waals surface area contributed by atoms with Crippen LogP contribution < -0.4 is 11.1 Å². The third-order valence-corrected chi connectivity index (χ3v) is 1.62. The molecule has 6 nitrogen and oxygen atoms in total. The standard InChI is InChI=1S/C8H16N2O4/c1-5(3-7(9)11)10-6(4-14-2)8(12)13/h5-6,10H,3-4H2,1-2H3,(H2,9,11)(H,12,13). The molecule has 0 aromatic heterocycles. The Hall–Kier alpha value is -1.14. The summed E-state index contributed by atoms with van der Waals surface area (Å²) in [7, 11) is 1.41. The number of hydrogen-bond acceptors (Lipinski definition) is 4. The van der Waals surface area contributed by atoms with Crippen LogP contribution in [0.1, 0.15) is 13.3 Å². The van der Waals surface area contributed by atoms with Crippen molar-refractivity contribution in [3.63, 3.8) is 0 Å². The van der Waals surface area contributed by atoms with Gasteiger partial charge in [-0.2, -0.15) is 0 Å². The van der Waals surface area contributed by atoms with E-state index >= 15 is 0 Å². The highest BCUT2D eigenvalue weighted by molar-refractivity contribution is 5.75. The Balaban J connectivity index is 4.01. The minimum atomic E-state index is -1.01. The van der Waals surface area contributed by atoms with Crippen molar-refractivity contribution in [1.82, 2.24) is 5.32 Å². The maximum atomic E-state index is 10.7. The molecule has 0 aliphatic carbocycles. The second-order valence-corrected chi connectivity index (χ2v) is 3.08. The molecule has 0 saturated heterocycles. The first-order chi connectivity index (χ1) is 6.47. The third-order valence-electron chi connectivity index (χ3n) is 1.62. The number of carboxylic acids is 1. The lowest BCUT2D eigenvalue weighted by molar-refractivity contribution is -0.141. The lowest BCUT2D eigenvalue weighted by Crippen LogP contribution is -2.46. The molecule has 0 fully saturated rings. The molecule has 0 heterocycles. The largest absolute Gasteiger partial charge is 0.480 e. The summed E-state index contributed by atoms with van der Waals surface area (Å²) < 4.78 is 4.71. The number of aliphatic carboxylic acids is 1. The molecule has 0 radical (unpaired) electrons. The normalized spacial score (nSPS) is 14.7. The number of amides is 1. The molecule has 0 rings (SSSR count). The number of primary amides is 1. The topological polar surface area (TPSA) is 102 Å². The van der Waals surface area contributed by atoms with Crippen LogP contribution in [0.2, 0.25) is 0 Å². The second-order valence-electron chi connectivity index (χ2n) is 3.08. The van der Waals surface area contributed by atoms with Gasteiger partial charge >= 0.3 is 5.97 Å². The lowest BCUT2D eigenvalue weighted by Gasteiger charge is -2.18. The predicted molar refractivity (Wildman–Crippen MR) is 49.7 cm³/mol. The Morgan fingerprint density at radius 2 is 2.14 bits per heavy atom. The third kappa shape index (κ3) is 5.50. The van der Waals surface area contributed by atoms with Crippen molar-refractivity contribution in [2.24, 2.45) is 5.73 Å². The monoisotopic (exact) mass is 204 g/mol. The zero-order valence-electron chi connectivity index (χ0n) is 8.32. The average molecular weight is 204 g/mol. The van der Waals surface area contributed by atoms with Gasteiger partial charge in [-0.3, -0.25) is 14.9 Å². The van der Waals surface area contributed by atoms with Crippen LogP contribution in [0.4, 0.5) is 0 Å². The smallest absolute Gasteiger partial charge is 0.323 e. The fraction of sp³-hybridized carbons (Fsp3) is 0.750. The van der Waals surface area contributed by atoms with Crippen molar-refractivity contribution in [1.29, 1.82) is 0 Å². The van der Waals surface area contributed by atoms with Crippen molar-refractivity contribution in [2.45, 2.75) is 25.4 Å². The maximum Gasteiger partial charge on any atom is 0.323 e. The summed E-state index contributed by atoms with van der Waals surface area (Å²) in [6.07, 6.45) is 0.105. The molecule has 82 valence electrons. The molecule has 0 bridgehead atoms. The average Bonchev–Trinajstić information content (AvgIpc) is 2.01. The molecule has 0 saturated carbocycles. The summed E-state index contributed by atoms with van der Waals surface area (Å²) in [5.41, 5.74) is 4.96. The second kappa shape index (κ2) is 6.33. The van der Waals surface area contributed by atoms with Gasteiger partial charge in [0.25, 0.3) is 0 Å². The highest BCUT2D eigenvalue weighted by atomic mass is 16.5. The zero-order valence-corrected chi connectivity index (χ0v) is 8.32. The summed E-state index contributed by atoms with van der Waals surface area (Å²) in [6, 6.07) is -1.09. The zero-order chi connectivity index (χ0) is 11.1. The molecule has 2 unspecified atom stereocenters. The molecule has 14 heavy (non-hydrogen) atoms. The predicted octanol–water partition coefficient (Wildman–Crippen LogP) is -1.06. The van der Waals surface area contributed by atoms with Crippen LogP contribution in [0, 0.1) is 0 Å². The molecular formula is C8H16N2O4. The van der Waals surface area contributed by atoms with E-state index in [4.69, 9.17) is 15.6 Å². The van der Waals surface area contributed by atoms with Crippen LogP contribution in [-0.2, 0) is 14.3 Å². The first kappa shape index (κ1) is 12.9. The van der Waals surface area contributed by atoms with Crippen molar-refractivity contribution < 1.29 is 19.4 Å². The molecule has 2 atom stereocenters. The number of methoxy groups -OCH3 is 1. The van der Waals surface area contributed by atoms with E-state index in [1.54, 1.807) is 6.92 Å². The summed E-state index contributed by atoms with van der Waals surface area (Å²) >= 11 is 0. The first-order valence-electron chi connectivity index (χ1n) is 4.23. The summed E-state index contributed by atoms with van der Waals surface area (Å²) in [5, 5.41) is 11.5. The molecule has 0 spiro atoms. The van der Waals surface area contributed by atoms with Crippen LogP contribution in [0.15, 0.2) is 0 Å². The number of nitrogens with two attached hydrogens (primary N) is 1. The molecule has 4 N–H and O–H groups in total. The lowest BCUT2D eigenvalue weighted by atomic mass is 10.2. The van der Waals surface area contributed by atoms with Gasteiger partial charge in [0.05, 0.1) is 6.61 Å². The summed E-state index contributed by atoms with van der Waals surface area (Å²) in [6.45, 7) is 1.74. The fourth-order valence-corrected chi connectivity index (χ4v) is 1.06. The van der Waals surface area contributed by atoms with Crippen molar-refractivity contribution in [2.75, 3.05) is 13.7 Å². The van der Waals surface area contributed by atoms with E-state index in [0.717, 1.165) is 0 Å². The van der Waals surface area contributed by atoms with Crippen LogP contribution in [0.25, 0.3) is 0 Å². The van der Waals surface area contributed by atoms with E-state index < -0.39 is 17.9 Å². The highest BCUT2D eigenvalue weighted by Crippen LogP contribution is 1.94. The van der Waals surface area contributed by atoms with Crippen molar-refractivity contribution in [3.05, 3.63) is 0 Å². The Kier molecular flexibility index (Phi) is 5.82. The van der Waals surface area contributed by atoms with Gasteiger partial charge in [-0.1, -0.05) is 0 Å². The van der Waals surface area contributed by atoms with Gasteiger partial charge in [0, 0.05) is 19.6 Å². The number of carboxylic acid groups (broad SMARTS) is 1. The SMILES string of the molecule is COCC(NC(C)CC(N)=O)C(=O)O. The number of rotatable bonds is 7. The maximum absolute atomic E-state index is 10.7. The van der Waals surface area contributed by atoms with E-state index in [0.29, 0.717) is 0 Å². The van der Waals surface area contributed by atoms with Crippen LogP contribution in [-0.4, -0.2) is 42.8 Å². The Bertz CT molecular complexity index is 208.